The van der Waals surface area contributed by atoms with E-state index in [2.05, 4.69) is 54.1 Å². The number of piperidine rings is 2. The Morgan fingerprint density at radius 1 is 0.853 bits per heavy atom. The number of fused-ring (bicyclic) bond motifs is 2. The average molecular weight is 916 g/mol. The number of anilines is 1. The summed E-state index contributed by atoms with van der Waals surface area (Å²) in [5.41, 5.74) is 10.8. The van der Waals surface area contributed by atoms with Gasteiger partial charge < -0.3 is 25.6 Å². The maximum absolute atomic E-state index is 13.4. The van der Waals surface area contributed by atoms with Crippen molar-refractivity contribution in [2.75, 3.05) is 64.6 Å². The highest BCUT2D eigenvalue weighted by Gasteiger charge is 2.39. The number of nitrogens with zero attached hydrogens (tertiary/aromatic N) is 8. The molecule has 0 radical (unpaired) electrons. The van der Waals surface area contributed by atoms with E-state index in [0.29, 0.717) is 79.4 Å². The molecule has 17 heteroatoms. The number of piperazine rings is 1. The Kier molecular flexibility index (Phi) is 14.0. The first kappa shape index (κ1) is 45.6. The summed E-state index contributed by atoms with van der Waals surface area (Å²) in [7, 11) is 0. The van der Waals surface area contributed by atoms with Crippen molar-refractivity contribution in [3.63, 3.8) is 0 Å². The number of rotatable bonds is 12. The molecule has 9 rings (SSSR count). The van der Waals surface area contributed by atoms with Gasteiger partial charge in [-0.15, -0.1) is 0 Å². The molecule has 3 fully saturated rings. The largest absolute Gasteiger partial charge is 0.457 e. The molecule has 3 saturated heterocycles. The number of imide groups is 1. The van der Waals surface area contributed by atoms with Gasteiger partial charge in [-0.1, -0.05) is 41.9 Å². The Balaban J connectivity index is 0.673. The van der Waals surface area contributed by atoms with E-state index in [1.165, 1.54) is 6.33 Å². The van der Waals surface area contributed by atoms with Crippen LogP contribution in [0.5, 0.6) is 11.5 Å². The third-order valence-corrected chi connectivity index (χ3v) is 12.8. The third kappa shape index (κ3) is 10.7. The highest BCUT2D eigenvalue weighted by Crippen LogP contribution is 2.35. The molecule has 0 aliphatic carbocycles. The lowest BCUT2D eigenvalue weighted by Gasteiger charge is -2.33. The standard InChI is InChI=1S/C51H53N11O6/c52-48-46-47(36-16-18-40(19-17-36)68-39-11-2-1-3-12-39)57-62(49(46)55-34-54-48)38-10-8-26-60(33-38)45(65)14-6-13-43(63)53-23-4-5-24-58-27-29-59(30-28-58)25-7-9-35-15-20-41-37(31-35)32-61(51(41)67)42-21-22-44(64)56-50(42)66/h1-3,11-12,15-20,31,34,38,42H,6,8,10,13-14,21-30,32-33H2,(H,53,63)(H2,52,54,55)(H,56,64,66)/t38-,42?/m1/s1. The number of amides is 5. The van der Waals surface area contributed by atoms with Crippen LogP contribution in [0.25, 0.3) is 22.3 Å². The van der Waals surface area contributed by atoms with Crippen molar-refractivity contribution in [2.24, 2.45) is 0 Å². The van der Waals surface area contributed by atoms with Crippen LogP contribution < -0.4 is 21.1 Å². The van der Waals surface area contributed by atoms with Gasteiger partial charge in [0.25, 0.3) is 5.91 Å². The highest BCUT2D eigenvalue weighted by molar-refractivity contribution is 6.05. The van der Waals surface area contributed by atoms with Gasteiger partial charge in [0.15, 0.2) is 5.65 Å². The van der Waals surface area contributed by atoms with Crippen LogP contribution in [0.15, 0.2) is 79.1 Å². The first-order valence-electron chi connectivity index (χ1n) is 23.2. The average Bonchev–Trinajstić information content (AvgIpc) is 3.90. The van der Waals surface area contributed by atoms with Crippen molar-refractivity contribution in [2.45, 2.75) is 63.6 Å². The monoisotopic (exact) mass is 915 g/mol. The maximum Gasteiger partial charge on any atom is 0.255 e. The van der Waals surface area contributed by atoms with Gasteiger partial charge >= 0.3 is 0 Å². The van der Waals surface area contributed by atoms with Crippen LogP contribution in [0.4, 0.5) is 5.82 Å². The normalized spacial score (nSPS) is 18.6. The minimum Gasteiger partial charge on any atom is -0.457 e. The highest BCUT2D eigenvalue weighted by atomic mass is 16.5. The Morgan fingerprint density at radius 3 is 2.40 bits per heavy atom. The second kappa shape index (κ2) is 20.9. The molecule has 0 spiro atoms. The first-order chi connectivity index (χ1) is 33.2. The minimum atomic E-state index is -0.639. The molecule has 5 aromatic rings. The molecular formula is C51H53N11O6. The van der Waals surface area contributed by atoms with Crippen LogP contribution in [0.1, 0.15) is 72.5 Å². The summed E-state index contributed by atoms with van der Waals surface area (Å²) in [6.45, 7) is 6.35. The fourth-order valence-corrected chi connectivity index (χ4v) is 9.17. The topological polar surface area (TPSA) is 201 Å². The zero-order valence-corrected chi connectivity index (χ0v) is 37.8. The summed E-state index contributed by atoms with van der Waals surface area (Å²) in [5, 5.41) is 10.9. The Morgan fingerprint density at radius 2 is 1.62 bits per heavy atom. The first-order valence-corrected chi connectivity index (χ1v) is 23.2. The van der Waals surface area contributed by atoms with E-state index in [1.54, 1.807) is 11.0 Å². The van der Waals surface area contributed by atoms with Crippen LogP contribution >= 0.6 is 0 Å². The quantitative estimate of drug-likeness (QED) is 0.121. The Bertz CT molecular complexity index is 2840. The van der Waals surface area contributed by atoms with Crippen LogP contribution in [0.3, 0.4) is 0 Å². The van der Waals surface area contributed by atoms with E-state index in [9.17, 15) is 24.0 Å². The van der Waals surface area contributed by atoms with Gasteiger partial charge in [0, 0.05) is 81.8 Å². The molecule has 3 aromatic carbocycles. The second-order valence-corrected chi connectivity index (χ2v) is 17.4. The van der Waals surface area contributed by atoms with E-state index in [4.69, 9.17) is 15.6 Å². The van der Waals surface area contributed by atoms with Crippen molar-refractivity contribution in [1.29, 1.82) is 0 Å². The number of para-hydroxylation sites is 1. The summed E-state index contributed by atoms with van der Waals surface area (Å²) in [5.74, 6) is 13.5. The minimum absolute atomic E-state index is 0.00803. The number of ether oxygens (including phenoxy) is 1. The van der Waals surface area contributed by atoms with Crippen molar-refractivity contribution in [3.8, 4) is 46.4 Å². The molecule has 4 aliphatic heterocycles. The molecule has 5 amide bonds. The summed E-state index contributed by atoms with van der Waals surface area (Å²) in [6.07, 6.45) is 4.57. The fraction of sp³-hybridized carbons (Fsp3) is 0.373. The smallest absolute Gasteiger partial charge is 0.255 e. The van der Waals surface area contributed by atoms with E-state index in [-0.39, 0.29) is 55.5 Å². The van der Waals surface area contributed by atoms with Crippen molar-refractivity contribution in [1.82, 2.24) is 50.0 Å². The summed E-state index contributed by atoms with van der Waals surface area (Å²) in [4.78, 5) is 79.8. The van der Waals surface area contributed by atoms with E-state index in [0.717, 1.165) is 61.5 Å². The summed E-state index contributed by atoms with van der Waals surface area (Å²) < 4.78 is 7.87. The number of hydrogen-bond donors (Lipinski definition) is 3. The SMILES string of the molecule is Nc1ncnc2c1c(-c1ccc(Oc3ccccc3)cc1)nn2[C@@H]1CCCN(C(=O)CCCC(=O)NCC#CCN2CCN(CC#Cc3ccc4c(c3)CN(C3CCC(=O)NC3=O)C4=O)CC2)C1. The van der Waals surface area contributed by atoms with Crippen LogP contribution in [-0.2, 0) is 25.7 Å². The van der Waals surface area contributed by atoms with Crippen molar-refractivity contribution < 1.29 is 28.7 Å². The molecule has 1 unspecified atom stereocenters. The van der Waals surface area contributed by atoms with Crippen LogP contribution in [0, 0.1) is 23.7 Å². The van der Waals surface area contributed by atoms with Gasteiger partial charge in [0.05, 0.1) is 31.1 Å². The molecule has 6 heterocycles. The van der Waals surface area contributed by atoms with Crippen LogP contribution in [-0.4, -0.2) is 134 Å². The second-order valence-electron chi connectivity index (χ2n) is 17.4. The van der Waals surface area contributed by atoms with Gasteiger partial charge in [0.2, 0.25) is 23.6 Å². The molecule has 4 aliphatic rings. The van der Waals surface area contributed by atoms with Crippen molar-refractivity contribution in [3.05, 3.63) is 95.8 Å². The lowest BCUT2D eigenvalue weighted by atomic mass is 10.0. The number of likely N-dealkylation sites (tertiary alicyclic amines) is 1. The number of carbonyl (C=O) groups excluding carboxylic acids is 5. The molecule has 2 aromatic heterocycles. The molecule has 17 nitrogen and oxygen atoms in total. The molecule has 0 saturated carbocycles. The van der Waals surface area contributed by atoms with E-state index in [1.807, 2.05) is 76.3 Å². The fourth-order valence-electron chi connectivity index (χ4n) is 9.17. The number of nitrogen functional groups attached to an aromatic ring is 1. The number of nitrogens with two attached hydrogens (primary N) is 1. The maximum atomic E-state index is 13.4. The van der Waals surface area contributed by atoms with Gasteiger partial charge in [-0.25, -0.2) is 14.6 Å². The van der Waals surface area contributed by atoms with E-state index < -0.39 is 11.9 Å². The predicted octanol–water partition coefficient (Wildman–Crippen LogP) is 3.75. The lowest BCUT2D eigenvalue weighted by molar-refractivity contribution is -0.137. The van der Waals surface area contributed by atoms with Gasteiger partial charge in [-0.3, -0.25) is 39.1 Å². The molecule has 2 atom stereocenters. The lowest BCUT2D eigenvalue weighted by Crippen LogP contribution is -2.52. The van der Waals surface area contributed by atoms with Gasteiger partial charge in [-0.2, -0.15) is 5.10 Å². The predicted molar refractivity (Wildman–Crippen MR) is 253 cm³/mol. The molecule has 348 valence electrons. The number of carbonyl (C=O) groups is 5. The Labute approximate surface area is 394 Å². The molecule has 4 N–H and O–H groups in total. The summed E-state index contributed by atoms with van der Waals surface area (Å²) in [6, 6.07) is 22.0. The summed E-state index contributed by atoms with van der Waals surface area (Å²) >= 11 is 0. The molecule has 68 heavy (non-hydrogen) atoms. The zero-order chi connectivity index (χ0) is 47.0. The molecular weight excluding hydrogens is 863 g/mol. The van der Waals surface area contributed by atoms with Gasteiger partial charge in [-0.05, 0) is 85.8 Å². The number of benzene rings is 3. The van der Waals surface area contributed by atoms with E-state index >= 15 is 0 Å². The van der Waals surface area contributed by atoms with Gasteiger partial charge in [0.1, 0.15) is 35.4 Å². The Hall–Kier alpha value is -7.60. The number of hydrogen-bond acceptors (Lipinski definition) is 12. The van der Waals surface area contributed by atoms with Crippen molar-refractivity contribution >= 4 is 46.4 Å². The third-order valence-electron chi connectivity index (χ3n) is 12.8. The number of aromatic nitrogens is 4. The number of nitrogens with one attached hydrogen (secondary N) is 2. The zero-order valence-electron chi connectivity index (χ0n) is 37.8. The van der Waals surface area contributed by atoms with Crippen LogP contribution in [0.2, 0.25) is 0 Å². The molecule has 0 bridgehead atoms.